The molecule has 2 unspecified atom stereocenters. The van der Waals surface area contributed by atoms with E-state index in [2.05, 4.69) is 123 Å². The van der Waals surface area contributed by atoms with Gasteiger partial charge in [-0.2, -0.15) is 0 Å². The standard InChI is InChI=1S/C29H23BrN4S/c1-19-17-23(13-14-24(19)30)34-28(27(32-29(34)35)25-9-4-5-15-31-25)26-10-6-16-33(26)22-12-11-20-7-2-3-8-21(20)18-22/h2-18,27-28H,1H3,(H,32,35). The van der Waals surface area contributed by atoms with Gasteiger partial charge in [0.1, 0.15) is 6.04 Å². The molecule has 3 heterocycles. The Morgan fingerprint density at radius 1 is 0.857 bits per heavy atom. The van der Waals surface area contributed by atoms with E-state index in [0.29, 0.717) is 5.11 Å². The van der Waals surface area contributed by atoms with Gasteiger partial charge in [-0.05, 0) is 90.1 Å². The van der Waals surface area contributed by atoms with Crippen molar-refractivity contribution in [3.8, 4) is 5.69 Å². The molecule has 0 bridgehead atoms. The van der Waals surface area contributed by atoms with Gasteiger partial charge in [0.25, 0.3) is 0 Å². The number of thiocarbonyl (C=S) groups is 1. The summed E-state index contributed by atoms with van der Waals surface area (Å²) < 4.78 is 3.35. The van der Waals surface area contributed by atoms with Crippen LogP contribution < -0.4 is 10.2 Å². The van der Waals surface area contributed by atoms with Crippen LogP contribution in [-0.4, -0.2) is 14.7 Å². The number of rotatable bonds is 4. The summed E-state index contributed by atoms with van der Waals surface area (Å²) in [4.78, 5) is 6.92. The normalized spacial score (nSPS) is 17.7. The summed E-state index contributed by atoms with van der Waals surface area (Å²) >= 11 is 9.55. The number of pyridine rings is 1. The molecule has 6 heteroatoms. The predicted octanol–water partition coefficient (Wildman–Crippen LogP) is 7.27. The first kappa shape index (κ1) is 22.0. The number of hydrogen-bond acceptors (Lipinski definition) is 2. The summed E-state index contributed by atoms with van der Waals surface area (Å²) in [6.07, 6.45) is 3.97. The van der Waals surface area contributed by atoms with Crippen molar-refractivity contribution in [3.05, 3.63) is 125 Å². The van der Waals surface area contributed by atoms with Gasteiger partial charge in [-0.25, -0.2) is 0 Å². The van der Waals surface area contributed by atoms with Gasteiger partial charge in [-0.1, -0.05) is 52.3 Å². The number of nitrogens with zero attached hydrogens (tertiary/aromatic N) is 3. The molecule has 0 saturated carbocycles. The molecule has 6 rings (SSSR count). The highest BCUT2D eigenvalue weighted by Crippen LogP contribution is 2.43. The zero-order chi connectivity index (χ0) is 23.9. The minimum atomic E-state index is -0.0956. The van der Waals surface area contributed by atoms with E-state index in [-0.39, 0.29) is 12.1 Å². The molecular formula is C29H23BrN4S. The van der Waals surface area contributed by atoms with Crippen molar-refractivity contribution in [1.82, 2.24) is 14.9 Å². The van der Waals surface area contributed by atoms with E-state index >= 15 is 0 Å². The third-order valence-corrected chi connectivity index (χ3v) is 7.82. The molecule has 0 amide bonds. The number of fused-ring (bicyclic) bond motifs is 1. The number of aryl methyl sites for hydroxylation is 1. The number of halogens is 1. The van der Waals surface area contributed by atoms with Crippen LogP contribution in [0.4, 0.5) is 5.69 Å². The quantitative estimate of drug-likeness (QED) is 0.244. The maximum atomic E-state index is 5.92. The third kappa shape index (κ3) is 3.93. The Balaban J connectivity index is 1.52. The average Bonchev–Trinajstić information content (AvgIpc) is 3.50. The summed E-state index contributed by atoms with van der Waals surface area (Å²) in [6, 6.07) is 31.6. The van der Waals surface area contributed by atoms with Gasteiger partial charge < -0.3 is 14.8 Å². The van der Waals surface area contributed by atoms with Gasteiger partial charge in [0, 0.05) is 33.9 Å². The highest BCUT2D eigenvalue weighted by Gasteiger charge is 2.42. The molecule has 1 saturated heterocycles. The van der Waals surface area contributed by atoms with Gasteiger partial charge in [-0.3, -0.25) is 4.98 Å². The number of nitrogens with one attached hydrogen (secondary N) is 1. The van der Waals surface area contributed by atoms with Gasteiger partial charge >= 0.3 is 0 Å². The highest BCUT2D eigenvalue weighted by atomic mass is 79.9. The summed E-state index contributed by atoms with van der Waals surface area (Å²) in [6.45, 7) is 2.10. The van der Waals surface area contributed by atoms with Crippen LogP contribution in [0.2, 0.25) is 0 Å². The number of anilines is 1. The Morgan fingerprint density at radius 2 is 1.66 bits per heavy atom. The maximum Gasteiger partial charge on any atom is 0.174 e. The lowest BCUT2D eigenvalue weighted by atomic mass is 10.00. The Hall–Kier alpha value is -3.48. The summed E-state index contributed by atoms with van der Waals surface area (Å²) in [7, 11) is 0. The van der Waals surface area contributed by atoms with Crippen molar-refractivity contribution in [2.24, 2.45) is 0 Å². The lowest BCUT2D eigenvalue weighted by Crippen LogP contribution is -2.30. The second kappa shape index (κ2) is 8.95. The second-order valence-corrected chi connectivity index (χ2v) is 10.0. The first-order valence-electron chi connectivity index (χ1n) is 11.5. The molecule has 35 heavy (non-hydrogen) atoms. The molecule has 2 aromatic heterocycles. The van der Waals surface area contributed by atoms with E-state index in [4.69, 9.17) is 17.2 Å². The summed E-state index contributed by atoms with van der Waals surface area (Å²) in [5, 5.41) is 6.71. The average molecular weight is 540 g/mol. The molecule has 2 atom stereocenters. The maximum absolute atomic E-state index is 5.92. The smallest absolute Gasteiger partial charge is 0.174 e. The molecule has 0 spiro atoms. The van der Waals surface area contributed by atoms with E-state index in [1.807, 2.05) is 18.3 Å². The predicted molar refractivity (Wildman–Crippen MR) is 150 cm³/mol. The first-order valence-corrected chi connectivity index (χ1v) is 12.7. The van der Waals surface area contributed by atoms with Crippen molar-refractivity contribution in [2.45, 2.75) is 19.0 Å². The van der Waals surface area contributed by atoms with Crippen molar-refractivity contribution in [2.75, 3.05) is 4.90 Å². The van der Waals surface area contributed by atoms with Crippen LogP contribution in [0.25, 0.3) is 16.5 Å². The highest BCUT2D eigenvalue weighted by molar-refractivity contribution is 9.10. The zero-order valence-corrected chi connectivity index (χ0v) is 21.5. The molecule has 1 N–H and O–H groups in total. The van der Waals surface area contributed by atoms with Crippen LogP contribution in [-0.2, 0) is 0 Å². The van der Waals surface area contributed by atoms with Crippen LogP contribution in [0.1, 0.15) is 29.0 Å². The van der Waals surface area contributed by atoms with Crippen molar-refractivity contribution < 1.29 is 0 Å². The van der Waals surface area contributed by atoms with Crippen LogP contribution in [0.3, 0.4) is 0 Å². The van der Waals surface area contributed by atoms with Crippen LogP contribution in [0.15, 0.2) is 108 Å². The summed E-state index contributed by atoms with van der Waals surface area (Å²) in [5.41, 5.74) is 5.44. The topological polar surface area (TPSA) is 33.1 Å². The number of benzene rings is 3. The molecule has 1 fully saturated rings. The van der Waals surface area contributed by atoms with Gasteiger partial charge in [-0.15, -0.1) is 0 Å². The summed E-state index contributed by atoms with van der Waals surface area (Å²) in [5.74, 6) is 0. The molecule has 5 aromatic rings. The lowest BCUT2D eigenvalue weighted by Gasteiger charge is -2.29. The lowest BCUT2D eigenvalue weighted by molar-refractivity contribution is 0.549. The minimum absolute atomic E-state index is 0.0838. The minimum Gasteiger partial charge on any atom is -0.351 e. The Morgan fingerprint density at radius 3 is 2.46 bits per heavy atom. The Bertz CT molecular complexity index is 1550. The number of aromatic nitrogens is 2. The van der Waals surface area contributed by atoms with E-state index < -0.39 is 0 Å². The molecule has 172 valence electrons. The molecule has 0 radical (unpaired) electrons. The molecule has 1 aliphatic heterocycles. The number of hydrogen-bond donors (Lipinski definition) is 1. The fraction of sp³-hybridized carbons (Fsp3) is 0.103. The van der Waals surface area contributed by atoms with E-state index in [1.165, 1.54) is 10.8 Å². The van der Waals surface area contributed by atoms with Crippen LogP contribution in [0, 0.1) is 6.92 Å². The molecule has 4 nitrogen and oxygen atoms in total. The van der Waals surface area contributed by atoms with Crippen LogP contribution >= 0.6 is 28.1 Å². The van der Waals surface area contributed by atoms with E-state index in [9.17, 15) is 0 Å². The fourth-order valence-corrected chi connectivity index (χ4v) is 5.50. The third-order valence-electron chi connectivity index (χ3n) is 6.61. The van der Waals surface area contributed by atoms with Gasteiger partial charge in [0.15, 0.2) is 5.11 Å². The SMILES string of the molecule is Cc1cc(N2C(=S)NC(c3ccccn3)C2c2cccn2-c2ccc3ccccc3c2)ccc1Br. The van der Waals surface area contributed by atoms with Crippen molar-refractivity contribution in [3.63, 3.8) is 0 Å². The largest absolute Gasteiger partial charge is 0.351 e. The second-order valence-electron chi connectivity index (χ2n) is 8.76. The Labute approximate surface area is 218 Å². The van der Waals surface area contributed by atoms with E-state index in [0.717, 1.165) is 32.8 Å². The molecule has 0 aliphatic carbocycles. The monoisotopic (exact) mass is 538 g/mol. The fourth-order valence-electron chi connectivity index (χ4n) is 4.91. The van der Waals surface area contributed by atoms with Crippen LogP contribution in [0.5, 0.6) is 0 Å². The zero-order valence-electron chi connectivity index (χ0n) is 19.1. The van der Waals surface area contributed by atoms with Crippen molar-refractivity contribution in [1.29, 1.82) is 0 Å². The van der Waals surface area contributed by atoms with Crippen molar-refractivity contribution >= 4 is 49.7 Å². The van der Waals surface area contributed by atoms with Gasteiger partial charge in [0.05, 0.1) is 11.7 Å². The van der Waals surface area contributed by atoms with E-state index in [1.54, 1.807) is 0 Å². The molecule has 1 aliphatic rings. The van der Waals surface area contributed by atoms with Gasteiger partial charge in [0.2, 0.25) is 0 Å². The molecular weight excluding hydrogens is 516 g/mol. The first-order chi connectivity index (χ1) is 17.1. The Kier molecular flexibility index (Phi) is 5.63. The molecule has 3 aromatic carbocycles.